The first-order valence-electron chi connectivity index (χ1n) is 12.0. The van der Waals surface area contributed by atoms with E-state index in [0.29, 0.717) is 5.92 Å². The molecule has 0 nitrogen and oxygen atoms in total. The Morgan fingerprint density at radius 2 is 1.33 bits per heavy atom. The maximum absolute atomic E-state index is 14.7. The molecule has 0 heterocycles. The van der Waals surface area contributed by atoms with Crippen LogP contribution in [0.5, 0.6) is 0 Å². The summed E-state index contributed by atoms with van der Waals surface area (Å²) < 4.78 is 14.7. The van der Waals surface area contributed by atoms with E-state index in [1.54, 1.807) is 6.07 Å². The minimum Gasteiger partial charge on any atom is -0.207 e. The zero-order chi connectivity index (χ0) is 23.8. The van der Waals surface area contributed by atoms with E-state index in [1.807, 2.05) is 19.9 Å². The summed E-state index contributed by atoms with van der Waals surface area (Å²) in [7, 11) is 0. The molecular formula is C32H35F. The van der Waals surface area contributed by atoms with Crippen LogP contribution in [0.25, 0.3) is 10.8 Å². The molecule has 33 heavy (non-hydrogen) atoms. The minimum absolute atomic E-state index is 0.108. The molecule has 1 atom stereocenters. The average molecular weight is 439 g/mol. The van der Waals surface area contributed by atoms with Gasteiger partial charge in [-0.05, 0) is 69.8 Å². The molecular weight excluding hydrogens is 403 g/mol. The van der Waals surface area contributed by atoms with Crippen LogP contribution < -0.4 is 0 Å². The molecule has 1 heteroatoms. The van der Waals surface area contributed by atoms with Gasteiger partial charge in [-0.1, -0.05) is 113 Å². The van der Waals surface area contributed by atoms with Crippen molar-refractivity contribution in [3.05, 3.63) is 118 Å². The van der Waals surface area contributed by atoms with Crippen molar-refractivity contribution in [2.45, 2.75) is 65.2 Å². The van der Waals surface area contributed by atoms with Crippen LogP contribution in [0.3, 0.4) is 0 Å². The Labute approximate surface area is 198 Å². The second kappa shape index (κ2) is 9.14. The lowest BCUT2D eigenvalue weighted by Gasteiger charge is -2.27. The minimum atomic E-state index is -0.275. The Morgan fingerprint density at radius 3 is 2.00 bits per heavy atom. The van der Waals surface area contributed by atoms with E-state index in [9.17, 15) is 4.39 Å². The summed E-state index contributed by atoms with van der Waals surface area (Å²) in [4.78, 5) is 0. The Hall–Kier alpha value is -2.93. The second-order valence-corrected chi connectivity index (χ2v) is 10.4. The second-order valence-electron chi connectivity index (χ2n) is 10.4. The zero-order valence-corrected chi connectivity index (χ0v) is 20.7. The molecule has 0 radical (unpaired) electrons. The first-order valence-corrected chi connectivity index (χ1v) is 12.0. The highest BCUT2D eigenvalue weighted by molar-refractivity contribution is 5.84. The molecule has 0 saturated heterocycles. The van der Waals surface area contributed by atoms with Gasteiger partial charge in [0.15, 0.2) is 0 Å². The van der Waals surface area contributed by atoms with Crippen LogP contribution >= 0.6 is 0 Å². The van der Waals surface area contributed by atoms with E-state index in [-0.39, 0.29) is 17.2 Å². The van der Waals surface area contributed by atoms with Crippen LogP contribution in [-0.4, -0.2) is 0 Å². The zero-order valence-electron chi connectivity index (χ0n) is 20.7. The Kier molecular flexibility index (Phi) is 6.43. The maximum atomic E-state index is 14.7. The van der Waals surface area contributed by atoms with Gasteiger partial charge >= 0.3 is 0 Å². The van der Waals surface area contributed by atoms with Gasteiger partial charge in [0.25, 0.3) is 0 Å². The first kappa shape index (κ1) is 23.2. The van der Waals surface area contributed by atoms with E-state index in [1.165, 1.54) is 33.0 Å². The number of aryl methyl sites for hydroxylation is 1. The monoisotopic (exact) mass is 438 g/mol. The van der Waals surface area contributed by atoms with Crippen molar-refractivity contribution >= 4 is 10.8 Å². The van der Waals surface area contributed by atoms with Gasteiger partial charge in [0, 0.05) is 5.41 Å². The fourth-order valence-corrected chi connectivity index (χ4v) is 4.73. The lowest BCUT2D eigenvalue weighted by molar-refractivity contribution is 0.580. The summed E-state index contributed by atoms with van der Waals surface area (Å²) in [6.07, 6.45) is 1.02. The van der Waals surface area contributed by atoms with Gasteiger partial charge in [-0.2, -0.15) is 0 Å². The van der Waals surface area contributed by atoms with Gasteiger partial charge in [-0.3, -0.25) is 0 Å². The van der Waals surface area contributed by atoms with Crippen molar-refractivity contribution in [1.29, 1.82) is 0 Å². The SMILES string of the molecule is Cc1ccc(C(C)Cc2ccc3cc(C(C)(C)c4ccc(C(C)C)c(F)c4)ccc3c2)cc1. The third kappa shape index (κ3) is 4.88. The van der Waals surface area contributed by atoms with Crippen LogP contribution in [0.15, 0.2) is 78.9 Å². The molecule has 0 spiro atoms. The lowest BCUT2D eigenvalue weighted by atomic mass is 9.77. The van der Waals surface area contributed by atoms with Crippen LogP contribution in [-0.2, 0) is 11.8 Å². The van der Waals surface area contributed by atoms with E-state index in [0.717, 1.165) is 17.5 Å². The third-order valence-corrected chi connectivity index (χ3v) is 7.16. The highest BCUT2D eigenvalue weighted by atomic mass is 19.1. The van der Waals surface area contributed by atoms with Crippen LogP contribution in [0, 0.1) is 12.7 Å². The van der Waals surface area contributed by atoms with Crippen molar-refractivity contribution in [2.75, 3.05) is 0 Å². The molecule has 0 aromatic heterocycles. The van der Waals surface area contributed by atoms with E-state index < -0.39 is 0 Å². The largest absolute Gasteiger partial charge is 0.207 e. The Morgan fingerprint density at radius 1 is 0.727 bits per heavy atom. The molecule has 4 aromatic rings. The van der Waals surface area contributed by atoms with Gasteiger partial charge in [-0.15, -0.1) is 0 Å². The Balaban J connectivity index is 1.59. The van der Waals surface area contributed by atoms with E-state index in [2.05, 4.69) is 94.4 Å². The topological polar surface area (TPSA) is 0 Å². The quantitative estimate of drug-likeness (QED) is 0.281. The molecule has 0 amide bonds. The summed E-state index contributed by atoms with van der Waals surface area (Å²) in [6, 6.07) is 28.1. The van der Waals surface area contributed by atoms with Crippen molar-refractivity contribution in [1.82, 2.24) is 0 Å². The first-order chi connectivity index (χ1) is 15.6. The molecule has 170 valence electrons. The van der Waals surface area contributed by atoms with Crippen LogP contribution in [0.2, 0.25) is 0 Å². The van der Waals surface area contributed by atoms with Crippen molar-refractivity contribution in [2.24, 2.45) is 0 Å². The summed E-state index contributed by atoms with van der Waals surface area (Å²) in [5.41, 5.74) is 6.75. The molecule has 0 saturated carbocycles. The summed E-state index contributed by atoms with van der Waals surface area (Å²) in [6.45, 7) is 12.8. The van der Waals surface area contributed by atoms with Gasteiger partial charge in [-0.25, -0.2) is 4.39 Å². The predicted octanol–water partition coefficient (Wildman–Crippen LogP) is 9.08. The molecule has 0 fully saturated rings. The Bertz CT molecular complexity index is 1260. The number of halogens is 1. The normalized spacial score (nSPS) is 13.0. The van der Waals surface area contributed by atoms with Crippen LogP contribution in [0.4, 0.5) is 4.39 Å². The molecule has 0 N–H and O–H groups in total. The fraction of sp³-hybridized carbons (Fsp3) is 0.312. The van der Waals surface area contributed by atoms with E-state index in [4.69, 9.17) is 0 Å². The average Bonchev–Trinajstić information content (AvgIpc) is 2.78. The molecule has 0 aliphatic rings. The molecule has 0 bridgehead atoms. The van der Waals surface area contributed by atoms with Crippen molar-refractivity contribution in [3.63, 3.8) is 0 Å². The number of rotatable bonds is 6. The van der Waals surface area contributed by atoms with Gasteiger partial charge < -0.3 is 0 Å². The summed E-state index contributed by atoms with van der Waals surface area (Å²) >= 11 is 0. The number of hydrogen-bond donors (Lipinski definition) is 0. The third-order valence-electron chi connectivity index (χ3n) is 7.16. The van der Waals surface area contributed by atoms with Crippen molar-refractivity contribution in [3.8, 4) is 0 Å². The molecule has 4 aromatic carbocycles. The van der Waals surface area contributed by atoms with Gasteiger partial charge in [0.2, 0.25) is 0 Å². The molecule has 4 rings (SSSR count). The predicted molar refractivity (Wildman–Crippen MR) is 140 cm³/mol. The smallest absolute Gasteiger partial charge is 0.126 e. The highest BCUT2D eigenvalue weighted by Crippen LogP contribution is 2.35. The van der Waals surface area contributed by atoms with E-state index >= 15 is 0 Å². The number of fused-ring (bicyclic) bond motifs is 1. The standard InChI is InChI=1S/C32H35F/c1-21(2)30-16-15-29(20-31(30)33)32(5,6)28-14-13-26-18-24(9-12-27(26)19-28)17-23(4)25-10-7-22(3)8-11-25/h7-16,18-21,23H,17H2,1-6H3. The van der Waals surface area contributed by atoms with Gasteiger partial charge in [0.1, 0.15) is 5.82 Å². The highest BCUT2D eigenvalue weighted by Gasteiger charge is 2.25. The molecule has 0 aliphatic carbocycles. The van der Waals surface area contributed by atoms with Crippen molar-refractivity contribution < 1.29 is 4.39 Å². The maximum Gasteiger partial charge on any atom is 0.126 e. The lowest BCUT2D eigenvalue weighted by Crippen LogP contribution is -2.19. The molecule has 1 unspecified atom stereocenters. The fourth-order valence-electron chi connectivity index (χ4n) is 4.73. The molecule has 0 aliphatic heterocycles. The van der Waals surface area contributed by atoms with Crippen LogP contribution in [0.1, 0.15) is 79.8 Å². The van der Waals surface area contributed by atoms with Gasteiger partial charge in [0.05, 0.1) is 0 Å². The summed E-state index contributed by atoms with van der Waals surface area (Å²) in [5.74, 6) is 0.555. The number of benzene rings is 4. The summed E-state index contributed by atoms with van der Waals surface area (Å²) in [5, 5.41) is 2.48. The number of hydrogen-bond acceptors (Lipinski definition) is 0.